The van der Waals surface area contributed by atoms with Gasteiger partial charge in [0.25, 0.3) is 0 Å². The molecule has 5 aromatic rings. The molecule has 4 aromatic heterocycles. The second kappa shape index (κ2) is 9.57. The second-order valence-electron chi connectivity index (χ2n) is 9.09. The van der Waals surface area contributed by atoms with Gasteiger partial charge in [0.1, 0.15) is 24.3 Å². The molecule has 1 fully saturated rings. The van der Waals surface area contributed by atoms with Crippen molar-refractivity contribution in [2.75, 3.05) is 42.7 Å². The van der Waals surface area contributed by atoms with Crippen LogP contribution in [0.2, 0.25) is 0 Å². The molecule has 0 bridgehead atoms. The van der Waals surface area contributed by atoms with Crippen LogP contribution in [0.5, 0.6) is 0 Å². The summed E-state index contributed by atoms with van der Waals surface area (Å²) in [6, 6.07) is 7.96. The molecule has 0 aliphatic carbocycles. The summed E-state index contributed by atoms with van der Waals surface area (Å²) >= 11 is 0. The van der Waals surface area contributed by atoms with E-state index in [1.165, 1.54) is 12.1 Å². The molecular weight excluding hydrogens is 476 g/mol. The van der Waals surface area contributed by atoms with E-state index in [1.807, 2.05) is 30.2 Å². The molecular formula is C26H25F2N9. The van der Waals surface area contributed by atoms with Gasteiger partial charge >= 0.3 is 0 Å². The number of piperazine rings is 1. The topological polar surface area (TPSA) is 80.3 Å². The number of anilines is 2. The molecule has 0 unspecified atom stereocenters. The fourth-order valence-corrected chi connectivity index (χ4v) is 4.75. The Morgan fingerprint density at radius 1 is 0.838 bits per heavy atom. The number of nitrogens with zero attached hydrogens (tertiary/aromatic N) is 9. The third-order valence-electron chi connectivity index (χ3n) is 6.77. The van der Waals surface area contributed by atoms with E-state index >= 15 is 0 Å². The van der Waals surface area contributed by atoms with Gasteiger partial charge in [-0.3, -0.25) is 9.07 Å². The Morgan fingerprint density at radius 3 is 2.24 bits per heavy atom. The van der Waals surface area contributed by atoms with Crippen LogP contribution in [0.25, 0.3) is 16.6 Å². The maximum atomic E-state index is 13.8. The highest BCUT2D eigenvalue weighted by Gasteiger charge is 2.23. The van der Waals surface area contributed by atoms with Crippen LogP contribution in [-0.2, 0) is 7.05 Å². The largest absolute Gasteiger partial charge is 0.351 e. The lowest BCUT2D eigenvalue weighted by atomic mass is 9.95. The summed E-state index contributed by atoms with van der Waals surface area (Å²) < 4.78 is 30.7. The van der Waals surface area contributed by atoms with Crippen molar-refractivity contribution in [2.45, 2.75) is 5.92 Å². The average molecular weight is 502 g/mol. The molecule has 0 amide bonds. The van der Waals surface area contributed by atoms with Gasteiger partial charge in [0, 0.05) is 75.1 Å². The van der Waals surface area contributed by atoms with Crippen molar-refractivity contribution in [3.8, 4) is 11.1 Å². The van der Waals surface area contributed by atoms with E-state index in [1.54, 1.807) is 35.5 Å². The first-order valence-electron chi connectivity index (χ1n) is 12.0. The van der Waals surface area contributed by atoms with Crippen LogP contribution in [0.15, 0.2) is 67.6 Å². The molecule has 11 heteroatoms. The standard InChI is InChI=1S/C26H25F2N9/c1-34-15-21(14-32-34)19-10-24-25(31-17-33-37(24)16-19)35-6-8-36(9-7-35)26-29-12-20(13-30-26)23(11-27)18-2-4-22(28)5-3-18/h2-5,10,12-17,23H,6-9,11H2,1H3/t23-/m1/s1. The second-order valence-corrected chi connectivity index (χ2v) is 9.09. The molecule has 0 saturated carbocycles. The molecule has 1 atom stereocenters. The molecule has 9 nitrogen and oxygen atoms in total. The van der Waals surface area contributed by atoms with Crippen LogP contribution in [0.1, 0.15) is 17.0 Å². The third kappa shape index (κ3) is 4.48. The van der Waals surface area contributed by atoms with Gasteiger partial charge in [0.2, 0.25) is 5.95 Å². The van der Waals surface area contributed by atoms with Crippen LogP contribution in [-0.4, -0.2) is 67.2 Å². The minimum absolute atomic E-state index is 0.347. The molecule has 37 heavy (non-hydrogen) atoms. The minimum atomic E-state index is -0.608. The molecule has 0 N–H and O–H groups in total. The van der Waals surface area contributed by atoms with Crippen molar-refractivity contribution >= 4 is 17.3 Å². The molecule has 1 aliphatic rings. The molecule has 188 valence electrons. The van der Waals surface area contributed by atoms with Crippen molar-refractivity contribution in [1.82, 2.24) is 34.3 Å². The molecule has 1 aliphatic heterocycles. The Hall–Kier alpha value is -4.41. The lowest BCUT2D eigenvalue weighted by molar-refractivity contribution is 0.459. The predicted molar refractivity (Wildman–Crippen MR) is 136 cm³/mol. The van der Waals surface area contributed by atoms with Crippen molar-refractivity contribution in [1.29, 1.82) is 0 Å². The van der Waals surface area contributed by atoms with Gasteiger partial charge in [-0.2, -0.15) is 10.2 Å². The van der Waals surface area contributed by atoms with Crippen LogP contribution in [0.3, 0.4) is 0 Å². The summed E-state index contributed by atoms with van der Waals surface area (Å²) in [6.45, 7) is 2.32. The summed E-state index contributed by atoms with van der Waals surface area (Å²) in [5, 5.41) is 8.65. The smallest absolute Gasteiger partial charge is 0.225 e. The van der Waals surface area contributed by atoms with Gasteiger partial charge in [0.05, 0.1) is 6.20 Å². The summed E-state index contributed by atoms with van der Waals surface area (Å²) in [6.07, 6.45) is 10.7. The predicted octanol–water partition coefficient (Wildman–Crippen LogP) is 3.49. The first kappa shape index (κ1) is 23.0. The molecule has 0 spiro atoms. The zero-order valence-corrected chi connectivity index (χ0v) is 20.2. The summed E-state index contributed by atoms with van der Waals surface area (Å²) in [7, 11) is 1.90. The highest BCUT2D eigenvalue weighted by atomic mass is 19.1. The number of alkyl halides is 1. The molecule has 6 rings (SSSR count). The van der Waals surface area contributed by atoms with Gasteiger partial charge in [-0.1, -0.05) is 12.1 Å². The Balaban J connectivity index is 1.16. The number of hydrogen-bond donors (Lipinski definition) is 0. The fraction of sp³-hybridized carbons (Fsp3) is 0.269. The fourth-order valence-electron chi connectivity index (χ4n) is 4.75. The lowest BCUT2D eigenvalue weighted by Gasteiger charge is -2.35. The van der Waals surface area contributed by atoms with E-state index in [2.05, 4.69) is 41.0 Å². The third-order valence-corrected chi connectivity index (χ3v) is 6.77. The number of halogens is 2. The van der Waals surface area contributed by atoms with Gasteiger partial charge in [-0.25, -0.2) is 23.9 Å². The van der Waals surface area contributed by atoms with Gasteiger partial charge < -0.3 is 9.80 Å². The number of fused-ring (bicyclic) bond motifs is 1. The molecule has 1 saturated heterocycles. The highest BCUT2D eigenvalue weighted by Crippen LogP contribution is 2.28. The Bertz CT molecular complexity index is 1500. The molecule has 0 radical (unpaired) electrons. The quantitative estimate of drug-likeness (QED) is 0.352. The zero-order valence-electron chi connectivity index (χ0n) is 20.2. The van der Waals surface area contributed by atoms with Gasteiger partial charge in [-0.05, 0) is 29.3 Å². The van der Waals surface area contributed by atoms with Crippen LogP contribution >= 0.6 is 0 Å². The lowest BCUT2D eigenvalue weighted by Crippen LogP contribution is -2.47. The monoisotopic (exact) mass is 501 g/mol. The number of hydrogen-bond acceptors (Lipinski definition) is 7. The molecule has 5 heterocycles. The Morgan fingerprint density at radius 2 is 1.57 bits per heavy atom. The average Bonchev–Trinajstić information content (AvgIpc) is 3.57. The maximum absolute atomic E-state index is 13.8. The van der Waals surface area contributed by atoms with E-state index in [0.29, 0.717) is 17.1 Å². The van der Waals surface area contributed by atoms with Crippen LogP contribution < -0.4 is 9.80 Å². The summed E-state index contributed by atoms with van der Waals surface area (Å²) in [5.41, 5.74) is 4.36. The molecule has 1 aromatic carbocycles. The number of benzene rings is 1. The van der Waals surface area contributed by atoms with E-state index in [9.17, 15) is 8.78 Å². The first-order chi connectivity index (χ1) is 18.1. The van der Waals surface area contributed by atoms with Crippen molar-refractivity contribution in [3.63, 3.8) is 0 Å². The number of rotatable bonds is 6. The van der Waals surface area contributed by atoms with E-state index in [0.717, 1.165) is 48.6 Å². The normalized spacial score (nSPS) is 14.9. The van der Waals surface area contributed by atoms with Crippen molar-refractivity contribution in [3.05, 3.63) is 84.6 Å². The Labute approximate surface area is 212 Å². The van der Waals surface area contributed by atoms with E-state index < -0.39 is 12.6 Å². The van der Waals surface area contributed by atoms with Gasteiger partial charge in [-0.15, -0.1) is 0 Å². The van der Waals surface area contributed by atoms with Crippen LogP contribution in [0.4, 0.5) is 20.5 Å². The summed E-state index contributed by atoms with van der Waals surface area (Å²) in [5.74, 6) is 0.617. The number of aromatic nitrogens is 7. The van der Waals surface area contributed by atoms with Crippen molar-refractivity contribution in [2.24, 2.45) is 7.05 Å². The van der Waals surface area contributed by atoms with Crippen LogP contribution in [0, 0.1) is 5.82 Å². The Kier molecular flexibility index (Phi) is 5.95. The maximum Gasteiger partial charge on any atom is 0.225 e. The summed E-state index contributed by atoms with van der Waals surface area (Å²) in [4.78, 5) is 18.0. The number of aryl methyl sites for hydroxylation is 1. The zero-order chi connectivity index (χ0) is 25.4. The van der Waals surface area contributed by atoms with E-state index in [4.69, 9.17) is 0 Å². The highest BCUT2D eigenvalue weighted by molar-refractivity contribution is 5.77. The van der Waals surface area contributed by atoms with Gasteiger partial charge in [0.15, 0.2) is 5.82 Å². The van der Waals surface area contributed by atoms with Crippen molar-refractivity contribution < 1.29 is 8.78 Å². The minimum Gasteiger partial charge on any atom is -0.351 e. The van der Waals surface area contributed by atoms with E-state index in [-0.39, 0.29) is 5.82 Å². The SMILES string of the molecule is Cn1cc(-c2cc3c(N4CCN(c5ncc([C@H](CF)c6ccc(F)cc6)cn5)CC4)ncnn3c2)cn1. The first-order valence-corrected chi connectivity index (χ1v) is 12.0.